The van der Waals surface area contributed by atoms with Gasteiger partial charge in [0.25, 0.3) is 10.1 Å². The number of hydrogen-bond acceptors (Lipinski definition) is 4. The van der Waals surface area contributed by atoms with E-state index in [0.29, 0.717) is 22.0 Å². The lowest BCUT2D eigenvalue weighted by molar-refractivity contribution is -0.0546. The van der Waals surface area contributed by atoms with Crippen LogP contribution in [-0.4, -0.2) is 28.4 Å². The minimum absolute atomic E-state index is 0.127. The highest BCUT2D eigenvalue weighted by Crippen LogP contribution is 2.37. The van der Waals surface area contributed by atoms with Gasteiger partial charge in [0, 0.05) is 22.7 Å². The summed E-state index contributed by atoms with van der Waals surface area (Å²) < 4.78 is 33.0. The van der Waals surface area contributed by atoms with Gasteiger partial charge in [0.1, 0.15) is 5.60 Å². The maximum absolute atomic E-state index is 11.2. The molecule has 1 aromatic rings. The van der Waals surface area contributed by atoms with Crippen molar-refractivity contribution in [3.8, 4) is 0 Å². The zero-order valence-electron chi connectivity index (χ0n) is 11.7. The molecule has 0 fully saturated rings. The van der Waals surface area contributed by atoms with E-state index in [9.17, 15) is 8.42 Å². The average Bonchev–Trinajstić information content (AvgIpc) is 2.34. The SMILES string of the molecule is CCCC(COS(C)(=O)=O)(OC)c1ccc(Cl)cc1Cl. The van der Waals surface area contributed by atoms with Crippen LogP contribution in [-0.2, 0) is 24.6 Å². The van der Waals surface area contributed by atoms with Gasteiger partial charge in [-0.1, -0.05) is 42.6 Å². The Bertz CT molecular complexity index is 559. The number of methoxy groups -OCH3 is 1. The zero-order valence-corrected chi connectivity index (χ0v) is 14.0. The molecular formula is C13H18Cl2O4S. The van der Waals surface area contributed by atoms with E-state index in [-0.39, 0.29) is 6.61 Å². The lowest BCUT2D eigenvalue weighted by Gasteiger charge is -2.32. The molecule has 0 saturated heterocycles. The van der Waals surface area contributed by atoms with Gasteiger partial charge in [-0.05, 0) is 18.6 Å². The number of rotatable bonds is 7. The van der Waals surface area contributed by atoms with Gasteiger partial charge >= 0.3 is 0 Å². The molecule has 0 N–H and O–H groups in total. The van der Waals surface area contributed by atoms with Gasteiger partial charge in [0.05, 0.1) is 12.9 Å². The first kappa shape index (κ1) is 17.7. The van der Waals surface area contributed by atoms with E-state index in [1.165, 1.54) is 7.11 Å². The molecule has 1 rings (SSSR count). The Morgan fingerprint density at radius 2 is 1.95 bits per heavy atom. The van der Waals surface area contributed by atoms with Gasteiger partial charge in [0.2, 0.25) is 0 Å². The highest BCUT2D eigenvalue weighted by molar-refractivity contribution is 7.85. The summed E-state index contributed by atoms with van der Waals surface area (Å²) in [5.74, 6) is 0. The largest absolute Gasteiger partial charge is 0.371 e. The van der Waals surface area contributed by atoms with Gasteiger partial charge in [-0.3, -0.25) is 4.18 Å². The van der Waals surface area contributed by atoms with Crippen LogP contribution < -0.4 is 0 Å². The molecule has 0 spiro atoms. The van der Waals surface area contributed by atoms with Gasteiger partial charge in [0.15, 0.2) is 0 Å². The molecule has 0 saturated carbocycles. The van der Waals surface area contributed by atoms with Crippen molar-refractivity contribution in [2.45, 2.75) is 25.4 Å². The Kier molecular flexibility index (Phi) is 6.28. The van der Waals surface area contributed by atoms with Crippen molar-refractivity contribution in [1.29, 1.82) is 0 Å². The topological polar surface area (TPSA) is 52.6 Å². The number of ether oxygens (including phenoxy) is 1. The highest BCUT2D eigenvalue weighted by Gasteiger charge is 2.35. The number of hydrogen-bond donors (Lipinski definition) is 0. The second kappa shape index (κ2) is 7.09. The minimum atomic E-state index is -3.56. The molecule has 0 bridgehead atoms. The minimum Gasteiger partial charge on any atom is -0.371 e. The summed E-state index contributed by atoms with van der Waals surface area (Å²) in [6, 6.07) is 5.02. The van der Waals surface area contributed by atoms with Crippen molar-refractivity contribution in [3.05, 3.63) is 33.8 Å². The molecule has 0 aliphatic heterocycles. The van der Waals surface area contributed by atoms with Gasteiger partial charge in [-0.2, -0.15) is 8.42 Å². The molecule has 114 valence electrons. The summed E-state index contributed by atoms with van der Waals surface area (Å²) in [5, 5.41) is 0.925. The Balaban J connectivity index is 3.21. The summed E-state index contributed by atoms with van der Waals surface area (Å²) in [5.41, 5.74) is -0.254. The van der Waals surface area contributed by atoms with Crippen molar-refractivity contribution < 1.29 is 17.3 Å². The highest BCUT2D eigenvalue weighted by atomic mass is 35.5. The molecule has 1 atom stereocenters. The maximum Gasteiger partial charge on any atom is 0.264 e. The van der Waals surface area contributed by atoms with Gasteiger partial charge in [-0.25, -0.2) is 0 Å². The van der Waals surface area contributed by atoms with Crippen LogP contribution >= 0.6 is 23.2 Å². The smallest absolute Gasteiger partial charge is 0.264 e. The van der Waals surface area contributed by atoms with E-state index in [1.807, 2.05) is 6.92 Å². The molecule has 1 unspecified atom stereocenters. The van der Waals surface area contributed by atoms with Crippen LogP contribution in [0, 0.1) is 0 Å². The Hall–Kier alpha value is -0.330. The molecular weight excluding hydrogens is 323 g/mol. The van der Waals surface area contributed by atoms with Crippen molar-refractivity contribution in [2.75, 3.05) is 20.0 Å². The molecule has 0 radical (unpaired) electrons. The third-order valence-corrected chi connectivity index (χ3v) is 4.07. The molecule has 7 heteroatoms. The van der Waals surface area contributed by atoms with E-state index >= 15 is 0 Å². The van der Waals surface area contributed by atoms with E-state index in [4.69, 9.17) is 32.1 Å². The first-order chi connectivity index (χ1) is 9.24. The van der Waals surface area contributed by atoms with Crippen LogP contribution in [0.4, 0.5) is 0 Å². The summed E-state index contributed by atoms with van der Waals surface area (Å²) in [4.78, 5) is 0. The Labute approximate surface area is 130 Å². The summed E-state index contributed by atoms with van der Waals surface area (Å²) in [6.07, 6.45) is 2.35. The van der Waals surface area contributed by atoms with Crippen LogP contribution in [0.3, 0.4) is 0 Å². The third-order valence-electron chi connectivity index (χ3n) is 2.97. The second-order valence-corrected chi connectivity index (χ2v) is 7.03. The van der Waals surface area contributed by atoms with Crippen LogP contribution in [0.5, 0.6) is 0 Å². The molecule has 0 aliphatic carbocycles. The molecule has 0 aliphatic rings. The normalized spacial score (nSPS) is 15.1. The summed E-state index contributed by atoms with van der Waals surface area (Å²) in [7, 11) is -2.06. The molecule has 0 aromatic heterocycles. The first-order valence-corrected chi connectivity index (χ1v) is 8.66. The summed E-state index contributed by atoms with van der Waals surface area (Å²) in [6.45, 7) is 1.84. The fourth-order valence-corrected chi connectivity index (χ4v) is 3.01. The van der Waals surface area contributed by atoms with Gasteiger partial charge in [-0.15, -0.1) is 0 Å². The molecule has 4 nitrogen and oxygen atoms in total. The van der Waals surface area contributed by atoms with Crippen LogP contribution in [0.1, 0.15) is 25.3 Å². The monoisotopic (exact) mass is 340 g/mol. The predicted octanol–water partition coefficient (Wildman–Crippen LogP) is 3.61. The Morgan fingerprint density at radius 1 is 1.30 bits per heavy atom. The zero-order chi connectivity index (χ0) is 15.4. The van der Waals surface area contributed by atoms with Crippen LogP contribution in [0.15, 0.2) is 18.2 Å². The lowest BCUT2D eigenvalue weighted by Crippen LogP contribution is -2.35. The predicted molar refractivity (Wildman–Crippen MR) is 80.9 cm³/mol. The molecule has 0 heterocycles. The fourth-order valence-electron chi connectivity index (χ4n) is 2.02. The molecule has 0 amide bonds. The fraction of sp³-hybridized carbons (Fsp3) is 0.538. The standard InChI is InChI=1S/C13H18Cl2O4S/c1-4-7-13(18-2,9-19-20(3,16)17)11-6-5-10(14)8-12(11)15/h5-6,8H,4,7,9H2,1-3H3. The van der Waals surface area contributed by atoms with E-state index in [1.54, 1.807) is 18.2 Å². The lowest BCUT2D eigenvalue weighted by atomic mass is 9.89. The van der Waals surface area contributed by atoms with Gasteiger partial charge < -0.3 is 4.74 Å². The van der Waals surface area contributed by atoms with Crippen molar-refractivity contribution in [3.63, 3.8) is 0 Å². The maximum atomic E-state index is 11.2. The van der Waals surface area contributed by atoms with Crippen molar-refractivity contribution in [1.82, 2.24) is 0 Å². The Morgan fingerprint density at radius 3 is 2.40 bits per heavy atom. The molecule has 1 aromatic carbocycles. The third kappa shape index (κ3) is 4.60. The average molecular weight is 341 g/mol. The second-order valence-electron chi connectivity index (χ2n) is 4.54. The molecule has 20 heavy (non-hydrogen) atoms. The number of halogens is 2. The number of benzene rings is 1. The van der Waals surface area contributed by atoms with Crippen molar-refractivity contribution >= 4 is 33.3 Å². The summed E-state index contributed by atoms with van der Waals surface area (Å²) >= 11 is 12.1. The quantitative estimate of drug-likeness (QED) is 0.711. The first-order valence-electron chi connectivity index (χ1n) is 6.09. The van der Waals surface area contributed by atoms with Crippen LogP contribution in [0.25, 0.3) is 0 Å². The van der Waals surface area contributed by atoms with Crippen LogP contribution in [0.2, 0.25) is 10.0 Å². The van der Waals surface area contributed by atoms with E-state index < -0.39 is 15.7 Å². The van der Waals surface area contributed by atoms with Crippen molar-refractivity contribution in [2.24, 2.45) is 0 Å². The van der Waals surface area contributed by atoms with E-state index in [2.05, 4.69) is 0 Å². The van der Waals surface area contributed by atoms with E-state index in [0.717, 1.165) is 12.7 Å².